The van der Waals surface area contributed by atoms with Gasteiger partial charge in [-0.2, -0.15) is 0 Å². The van der Waals surface area contributed by atoms with Gasteiger partial charge < -0.3 is 19.5 Å². The van der Waals surface area contributed by atoms with E-state index >= 15 is 0 Å². The van der Waals surface area contributed by atoms with Gasteiger partial charge in [-0.3, -0.25) is 10.1 Å². The van der Waals surface area contributed by atoms with Crippen molar-refractivity contribution < 1.29 is 24.3 Å². The van der Waals surface area contributed by atoms with Crippen LogP contribution in [0.15, 0.2) is 18.2 Å². The minimum atomic E-state index is -0.837. The lowest BCUT2D eigenvalue weighted by Crippen LogP contribution is -2.56. The first kappa shape index (κ1) is 17.5. The fourth-order valence-corrected chi connectivity index (χ4v) is 3.39. The van der Waals surface area contributed by atoms with Crippen LogP contribution in [0.5, 0.6) is 5.75 Å². The number of aliphatic hydroxyl groups is 1. The number of nitro groups is 1. The maximum Gasteiger partial charge on any atom is 0.410 e. The highest BCUT2D eigenvalue weighted by atomic mass is 16.6. The second-order valence-corrected chi connectivity index (χ2v) is 7.57. The van der Waals surface area contributed by atoms with Crippen LogP contribution in [0, 0.1) is 10.1 Å². The summed E-state index contributed by atoms with van der Waals surface area (Å²) in [7, 11) is 0. The molecule has 1 saturated heterocycles. The maximum absolute atomic E-state index is 12.2. The summed E-state index contributed by atoms with van der Waals surface area (Å²) < 4.78 is 11.0. The highest BCUT2D eigenvalue weighted by Crippen LogP contribution is 2.46. The van der Waals surface area contributed by atoms with E-state index in [1.54, 1.807) is 26.8 Å². The zero-order chi connectivity index (χ0) is 18.4. The van der Waals surface area contributed by atoms with Crippen LogP contribution in [0.3, 0.4) is 0 Å². The summed E-state index contributed by atoms with van der Waals surface area (Å²) in [6, 6.07) is 4.45. The molecule has 0 aromatic heterocycles. The van der Waals surface area contributed by atoms with Crippen molar-refractivity contribution in [2.45, 2.75) is 44.3 Å². The zero-order valence-electron chi connectivity index (χ0n) is 14.5. The highest BCUT2D eigenvalue weighted by molar-refractivity contribution is 5.68. The Kier molecular flexibility index (Phi) is 4.10. The van der Waals surface area contributed by atoms with Crippen molar-refractivity contribution in [3.05, 3.63) is 33.9 Å². The second-order valence-electron chi connectivity index (χ2n) is 7.57. The minimum absolute atomic E-state index is 0.0449. The van der Waals surface area contributed by atoms with Crippen molar-refractivity contribution in [3.8, 4) is 5.75 Å². The number of fused-ring (bicyclic) bond motifs is 2. The number of rotatable bonds is 1. The largest absolute Gasteiger partial charge is 0.492 e. The standard InChI is InChI=1S/C17H22N2O6/c1-16(2,3)25-15(21)18-7-6-17(14(20)9-18)10-24-13-8-11(19(22)23)4-5-12(13)17/h4-5,8,14,20H,6-7,9-10H2,1-3H3. The summed E-state index contributed by atoms with van der Waals surface area (Å²) in [5.41, 5.74) is -0.534. The minimum Gasteiger partial charge on any atom is -0.492 e. The topological polar surface area (TPSA) is 102 Å². The van der Waals surface area contributed by atoms with E-state index in [4.69, 9.17) is 9.47 Å². The van der Waals surface area contributed by atoms with Gasteiger partial charge in [0.1, 0.15) is 18.0 Å². The molecule has 8 nitrogen and oxygen atoms in total. The van der Waals surface area contributed by atoms with Crippen LogP contribution >= 0.6 is 0 Å². The Bertz CT molecular complexity index is 714. The number of hydrogen-bond donors (Lipinski definition) is 1. The fourth-order valence-electron chi connectivity index (χ4n) is 3.39. The van der Waals surface area contributed by atoms with Crippen molar-refractivity contribution in [2.75, 3.05) is 19.7 Å². The summed E-state index contributed by atoms with van der Waals surface area (Å²) >= 11 is 0. The lowest BCUT2D eigenvalue weighted by atomic mass is 9.72. The van der Waals surface area contributed by atoms with Crippen molar-refractivity contribution in [1.29, 1.82) is 0 Å². The lowest BCUT2D eigenvalue weighted by Gasteiger charge is -2.42. The van der Waals surface area contributed by atoms with Crippen molar-refractivity contribution in [3.63, 3.8) is 0 Å². The SMILES string of the molecule is CC(C)(C)OC(=O)N1CCC2(COc3cc([N+](=O)[O-])ccc32)C(O)C1. The number of ether oxygens (including phenoxy) is 2. The number of likely N-dealkylation sites (tertiary alicyclic amines) is 1. The Hall–Kier alpha value is -2.35. The smallest absolute Gasteiger partial charge is 0.410 e. The third kappa shape index (κ3) is 3.13. The molecule has 1 aromatic rings. The van der Waals surface area contributed by atoms with Crippen molar-refractivity contribution >= 4 is 11.8 Å². The summed E-state index contributed by atoms with van der Waals surface area (Å²) in [5.74, 6) is 0.430. The number of β-amino-alcohol motifs (C(OH)–C–C–N with tert-alkyl or cyclic N) is 1. The molecule has 0 saturated carbocycles. The van der Waals surface area contributed by atoms with Gasteiger partial charge in [-0.05, 0) is 33.3 Å². The molecule has 2 atom stereocenters. The molecule has 3 rings (SSSR count). The average Bonchev–Trinajstić information content (AvgIpc) is 2.87. The highest BCUT2D eigenvalue weighted by Gasteiger charge is 2.50. The van der Waals surface area contributed by atoms with Crippen LogP contribution in [0.4, 0.5) is 10.5 Å². The summed E-state index contributed by atoms with van der Waals surface area (Å²) in [4.78, 5) is 24.1. The molecule has 136 valence electrons. The molecule has 1 aromatic carbocycles. The van der Waals surface area contributed by atoms with E-state index in [1.165, 1.54) is 17.0 Å². The molecule has 1 fully saturated rings. The van der Waals surface area contributed by atoms with Crippen LogP contribution in [0.2, 0.25) is 0 Å². The number of non-ortho nitro benzene ring substituents is 1. The molecule has 0 bridgehead atoms. The average molecular weight is 350 g/mol. The summed E-state index contributed by atoms with van der Waals surface area (Å²) in [6.07, 6.45) is -0.793. The second kappa shape index (κ2) is 5.87. The molecule has 1 amide bonds. The van der Waals surface area contributed by atoms with Crippen LogP contribution in [0.25, 0.3) is 0 Å². The van der Waals surface area contributed by atoms with Crippen LogP contribution in [-0.4, -0.2) is 52.4 Å². The monoisotopic (exact) mass is 350 g/mol. The first-order chi connectivity index (χ1) is 11.6. The first-order valence-electron chi connectivity index (χ1n) is 8.20. The molecule has 2 aliphatic rings. The van der Waals surface area contributed by atoms with Gasteiger partial charge in [-0.1, -0.05) is 0 Å². The third-order valence-electron chi connectivity index (χ3n) is 4.71. The molecule has 0 radical (unpaired) electrons. The predicted molar refractivity (Wildman–Crippen MR) is 88.7 cm³/mol. The van der Waals surface area contributed by atoms with E-state index in [0.29, 0.717) is 18.7 Å². The number of carbonyl (C=O) groups is 1. The normalized spacial score (nSPS) is 25.4. The van der Waals surface area contributed by atoms with Crippen molar-refractivity contribution in [2.24, 2.45) is 0 Å². The predicted octanol–water partition coefficient (Wildman–Crippen LogP) is 2.23. The van der Waals surface area contributed by atoms with Crippen LogP contribution in [-0.2, 0) is 10.2 Å². The number of benzene rings is 1. The Morgan fingerprint density at radius 2 is 2.20 bits per heavy atom. The van der Waals surface area contributed by atoms with Crippen LogP contribution in [0.1, 0.15) is 32.8 Å². The number of hydrogen-bond acceptors (Lipinski definition) is 6. The molecule has 8 heteroatoms. The van der Waals surface area contributed by atoms with E-state index in [0.717, 1.165) is 5.56 Å². The fraction of sp³-hybridized carbons (Fsp3) is 0.588. The summed E-state index contributed by atoms with van der Waals surface area (Å²) in [6.45, 7) is 6.18. The molecule has 2 unspecified atom stereocenters. The number of carbonyl (C=O) groups excluding carboxylic acids is 1. The van der Waals surface area contributed by atoms with Gasteiger partial charge in [0.05, 0.1) is 29.1 Å². The quantitative estimate of drug-likeness (QED) is 0.615. The molecule has 2 heterocycles. The number of piperidine rings is 1. The Balaban J connectivity index is 1.79. The molecule has 0 aliphatic carbocycles. The van der Waals surface area contributed by atoms with Gasteiger partial charge in [-0.25, -0.2) is 4.79 Å². The lowest BCUT2D eigenvalue weighted by molar-refractivity contribution is -0.384. The molecule has 2 aliphatic heterocycles. The van der Waals surface area contributed by atoms with E-state index in [9.17, 15) is 20.0 Å². The van der Waals surface area contributed by atoms with Gasteiger partial charge in [0, 0.05) is 18.2 Å². The van der Waals surface area contributed by atoms with Gasteiger partial charge in [-0.15, -0.1) is 0 Å². The maximum atomic E-state index is 12.2. The number of nitro benzene ring substituents is 1. The molecular weight excluding hydrogens is 328 g/mol. The Morgan fingerprint density at radius 1 is 1.48 bits per heavy atom. The number of nitrogens with zero attached hydrogens (tertiary/aromatic N) is 2. The number of amides is 1. The van der Waals surface area contributed by atoms with Crippen LogP contribution < -0.4 is 4.74 Å². The Morgan fingerprint density at radius 3 is 2.80 bits per heavy atom. The zero-order valence-corrected chi connectivity index (χ0v) is 14.5. The Labute approximate surface area is 145 Å². The molecule has 25 heavy (non-hydrogen) atoms. The van der Waals surface area contributed by atoms with E-state index in [2.05, 4.69) is 0 Å². The van der Waals surface area contributed by atoms with Gasteiger partial charge in [0.2, 0.25) is 0 Å². The van der Waals surface area contributed by atoms with Gasteiger partial charge in [0.15, 0.2) is 0 Å². The number of aliphatic hydroxyl groups excluding tert-OH is 1. The molecular formula is C17H22N2O6. The first-order valence-corrected chi connectivity index (χ1v) is 8.20. The molecule has 1 spiro atoms. The van der Waals surface area contributed by atoms with Crippen molar-refractivity contribution in [1.82, 2.24) is 4.90 Å². The van der Waals surface area contributed by atoms with Gasteiger partial charge in [0.25, 0.3) is 5.69 Å². The molecule has 1 N–H and O–H groups in total. The van der Waals surface area contributed by atoms with Gasteiger partial charge >= 0.3 is 6.09 Å². The van der Waals surface area contributed by atoms with E-state index in [1.807, 2.05) is 0 Å². The summed E-state index contributed by atoms with van der Waals surface area (Å²) in [5, 5.41) is 21.6. The van der Waals surface area contributed by atoms with E-state index in [-0.39, 0.29) is 18.8 Å². The van der Waals surface area contributed by atoms with E-state index < -0.39 is 28.1 Å². The third-order valence-corrected chi connectivity index (χ3v) is 4.71.